The lowest BCUT2D eigenvalue weighted by atomic mass is 9.90. The van der Waals surface area contributed by atoms with E-state index in [-0.39, 0.29) is 17.4 Å². The summed E-state index contributed by atoms with van der Waals surface area (Å²) in [5.41, 5.74) is 5.51. The Labute approximate surface area is 104 Å². The van der Waals surface area contributed by atoms with Gasteiger partial charge in [-0.05, 0) is 46.1 Å². The van der Waals surface area contributed by atoms with Crippen molar-refractivity contribution in [2.24, 2.45) is 11.7 Å². The molecule has 1 aliphatic carbocycles. The van der Waals surface area contributed by atoms with Crippen molar-refractivity contribution in [3.05, 3.63) is 0 Å². The highest BCUT2D eigenvalue weighted by molar-refractivity contribution is 5.81. The Balaban J connectivity index is 2.77. The Hall–Kier alpha value is -0.610. The smallest absolute Gasteiger partial charge is 0.327 e. The van der Waals surface area contributed by atoms with Crippen molar-refractivity contribution in [2.75, 3.05) is 20.7 Å². The first kappa shape index (κ1) is 14.5. The van der Waals surface area contributed by atoms with Gasteiger partial charge >= 0.3 is 5.97 Å². The quantitative estimate of drug-likeness (QED) is 0.715. The van der Waals surface area contributed by atoms with Gasteiger partial charge < -0.3 is 10.5 Å². The summed E-state index contributed by atoms with van der Waals surface area (Å²) in [5.74, 6) is 0.00353. The van der Waals surface area contributed by atoms with Crippen molar-refractivity contribution >= 4 is 5.97 Å². The topological polar surface area (TPSA) is 55.6 Å². The number of hydrogen-bond donors (Lipinski definition) is 1. The van der Waals surface area contributed by atoms with Crippen LogP contribution in [0.15, 0.2) is 0 Å². The van der Waals surface area contributed by atoms with Crippen LogP contribution in [0.5, 0.6) is 0 Å². The fourth-order valence-electron chi connectivity index (χ4n) is 2.03. The molecule has 0 heterocycles. The average molecular weight is 242 g/mol. The molecule has 1 atom stereocenters. The molecule has 0 bridgehead atoms. The molecular weight excluding hydrogens is 216 g/mol. The zero-order valence-corrected chi connectivity index (χ0v) is 11.7. The minimum Gasteiger partial charge on any atom is -0.468 e. The lowest BCUT2D eigenvalue weighted by Crippen LogP contribution is -2.60. The Kier molecular flexibility index (Phi) is 4.20. The van der Waals surface area contributed by atoms with Gasteiger partial charge in [-0.3, -0.25) is 9.69 Å². The second-order valence-electron chi connectivity index (χ2n) is 5.83. The summed E-state index contributed by atoms with van der Waals surface area (Å²) in [4.78, 5) is 14.1. The summed E-state index contributed by atoms with van der Waals surface area (Å²) in [6.45, 7) is 7.03. The summed E-state index contributed by atoms with van der Waals surface area (Å²) in [6.07, 6.45) is 3.09. The van der Waals surface area contributed by atoms with E-state index in [2.05, 4.69) is 25.7 Å². The van der Waals surface area contributed by atoms with Crippen LogP contribution in [0.3, 0.4) is 0 Å². The molecule has 2 N–H and O–H groups in total. The Morgan fingerprint density at radius 1 is 1.47 bits per heavy atom. The molecule has 0 radical (unpaired) electrons. The van der Waals surface area contributed by atoms with Crippen LogP contribution in [0.4, 0.5) is 0 Å². The summed E-state index contributed by atoms with van der Waals surface area (Å²) < 4.78 is 4.87. The Morgan fingerprint density at radius 2 is 2.00 bits per heavy atom. The third-order valence-electron chi connectivity index (χ3n) is 4.27. The summed E-state index contributed by atoms with van der Waals surface area (Å²) >= 11 is 0. The van der Waals surface area contributed by atoms with Crippen LogP contribution in [0.1, 0.15) is 40.0 Å². The van der Waals surface area contributed by atoms with Crippen molar-refractivity contribution < 1.29 is 9.53 Å². The van der Waals surface area contributed by atoms with E-state index in [9.17, 15) is 4.79 Å². The van der Waals surface area contributed by atoms with Crippen LogP contribution in [0.2, 0.25) is 0 Å². The standard InChI is InChI=1S/C13H26N2O2/c1-6-12(2,3)15(4)9-13(14,10-7-8-10)11(16)17-5/h10H,6-9,14H2,1-5H3. The van der Waals surface area contributed by atoms with Gasteiger partial charge in [-0.15, -0.1) is 0 Å². The molecule has 1 saturated carbocycles. The maximum absolute atomic E-state index is 11.9. The second kappa shape index (κ2) is 4.94. The lowest BCUT2D eigenvalue weighted by molar-refractivity contribution is -0.149. The highest BCUT2D eigenvalue weighted by Crippen LogP contribution is 2.40. The van der Waals surface area contributed by atoms with Gasteiger partial charge in [-0.25, -0.2) is 0 Å². The van der Waals surface area contributed by atoms with E-state index >= 15 is 0 Å². The maximum Gasteiger partial charge on any atom is 0.327 e. The van der Waals surface area contributed by atoms with E-state index in [1.54, 1.807) is 0 Å². The van der Waals surface area contributed by atoms with Crippen LogP contribution < -0.4 is 5.73 Å². The van der Waals surface area contributed by atoms with Crippen LogP contribution in [-0.2, 0) is 9.53 Å². The van der Waals surface area contributed by atoms with Gasteiger partial charge in [-0.1, -0.05) is 6.92 Å². The number of esters is 1. The van der Waals surface area contributed by atoms with Crippen LogP contribution in [-0.4, -0.2) is 42.6 Å². The Morgan fingerprint density at radius 3 is 2.35 bits per heavy atom. The van der Waals surface area contributed by atoms with E-state index in [0.717, 1.165) is 19.3 Å². The molecule has 0 saturated heterocycles. The molecule has 100 valence electrons. The van der Waals surface area contributed by atoms with Crippen molar-refractivity contribution in [3.63, 3.8) is 0 Å². The van der Waals surface area contributed by atoms with Crippen molar-refractivity contribution in [1.29, 1.82) is 0 Å². The predicted octanol–water partition coefficient (Wildman–Crippen LogP) is 1.39. The van der Waals surface area contributed by atoms with E-state index in [1.807, 2.05) is 7.05 Å². The van der Waals surface area contributed by atoms with E-state index in [0.29, 0.717) is 6.54 Å². The van der Waals surface area contributed by atoms with E-state index in [1.165, 1.54) is 7.11 Å². The first-order chi connectivity index (χ1) is 7.78. The number of carbonyl (C=O) groups excluding carboxylic acids is 1. The molecule has 0 aromatic carbocycles. The molecule has 0 aromatic rings. The minimum atomic E-state index is -0.837. The highest BCUT2D eigenvalue weighted by Gasteiger charge is 2.50. The van der Waals surface area contributed by atoms with E-state index < -0.39 is 5.54 Å². The molecular formula is C13H26N2O2. The number of nitrogens with two attached hydrogens (primary N) is 1. The van der Waals surface area contributed by atoms with Crippen LogP contribution in [0, 0.1) is 5.92 Å². The zero-order valence-electron chi connectivity index (χ0n) is 11.7. The molecule has 0 aliphatic heterocycles. The molecule has 0 amide bonds. The fraction of sp³-hybridized carbons (Fsp3) is 0.923. The average Bonchev–Trinajstić information content (AvgIpc) is 3.11. The van der Waals surface area contributed by atoms with Gasteiger partial charge in [0.1, 0.15) is 5.54 Å². The number of likely N-dealkylation sites (N-methyl/N-ethyl adjacent to an activating group) is 1. The van der Waals surface area contributed by atoms with Crippen LogP contribution >= 0.6 is 0 Å². The first-order valence-corrected chi connectivity index (χ1v) is 6.36. The summed E-state index contributed by atoms with van der Waals surface area (Å²) in [7, 11) is 3.44. The van der Waals surface area contributed by atoms with Crippen molar-refractivity contribution in [1.82, 2.24) is 4.90 Å². The Bertz CT molecular complexity index is 287. The largest absolute Gasteiger partial charge is 0.468 e. The fourth-order valence-corrected chi connectivity index (χ4v) is 2.03. The van der Waals surface area contributed by atoms with Gasteiger partial charge in [0.05, 0.1) is 7.11 Å². The third-order valence-corrected chi connectivity index (χ3v) is 4.27. The third kappa shape index (κ3) is 2.99. The minimum absolute atomic E-state index is 0.0491. The zero-order chi connectivity index (χ0) is 13.3. The molecule has 4 heteroatoms. The number of hydrogen-bond acceptors (Lipinski definition) is 4. The number of ether oxygens (including phenoxy) is 1. The number of methoxy groups -OCH3 is 1. The monoisotopic (exact) mass is 242 g/mol. The van der Waals surface area contributed by atoms with Crippen LogP contribution in [0.25, 0.3) is 0 Å². The highest BCUT2D eigenvalue weighted by atomic mass is 16.5. The molecule has 1 rings (SSSR count). The van der Waals surface area contributed by atoms with E-state index in [4.69, 9.17) is 10.5 Å². The molecule has 1 unspecified atom stereocenters. The van der Waals surface area contributed by atoms with Gasteiger partial charge in [-0.2, -0.15) is 0 Å². The number of rotatable bonds is 6. The maximum atomic E-state index is 11.9. The number of nitrogens with zero attached hydrogens (tertiary/aromatic N) is 1. The van der Waals surface area contributed by atoms with Gasteiger partial charge in [0.25, 0.3) is 0 Å². The molecule has 4 nitrogen and oxygen atoms in total. The molecule has 17 heavy (non-hydrogen) atoms. The second-order valence-corrected chi connectivity index (χ2v) is 5.83. The summed E-state index contributed by atoms with van der Waals surface area (Å²) in [6, 6.07) is 0. The lowest BCUT2D eigenvalue weighted by Gasteiger charge is -2.40. The van der Waals surface area contributed by atoms with Gasteiger partial charge in [0.2, 0.25) is 0 Å². The normalized spacial score (nSPS) is 20.2. The SMILES string of the molecule is CCC(C)(C)N(C)CC(N)(C(=O)OC)C1CC1. The predicted molar refractivity (Wildman–Crippen MR) is 68.7 cm³/mol. The van der Waals surface area contributed by atoms with Crippen molar-refractivity contribution in [3.8, 4) is 0 Å². The number of carbonyl (C=O) groups is 1. The molecule has 1 aliphatic rings. The molecule has 0 aromatic heterocycles. The molecule has 1 fully saturated rings. The summed E-state index contributed by atoms with van der Waals surface area (Å²) in [5, 5.41) is 0. The van der Waals surface area contributed by atoms with Gasteiger partial charge in [0.15, 0.2) is 0 Å². The van der Waals surface area contributed by atoms with Crippen molar-refractivity contribution in [2.45, 2.75) is 51.1 Å². The first-order valence-electron chi connectivity index (χ1n) is 6.36. The molecule has 0 spiro atoms. The van der Waals surface area contributed by atoms with Gasteiger partial charge in [0, 0.05) is 12.1 Å².